The maximum Gasteiger partial charge on any atom is 0.286 e. The van der Waals surface area contributed by atoms with E-state index in [1.165, 1.54) is 11.3 Å². The second kappa shape index (κ2) is 7.63. The van der Waals surface area contributed by atoms with Gasteiger partial charge in [-0.2, -0.15) is 0 Å². The minimum atomic E-state index is -0.313. The summed E-state index contributed by atoms with van der Waals surface area (Å²) in [7, 11) is 0. The minimum absolute atomic E-state index is 0.220. The molecule has 3 aromatic rings. The quantitative estimate of drug-likeness (QED) is 0.686. The molecule has 1 aliphatic carbocycles. The van der Waals surface area contributed by atoms with Gasteiger partial charge < -0.3 is 10.6 Å². The van der Waals surface area contributed by atoms with Gasteiger partial charge in [0.2, 0.25) is 5.01 Å². The summed E-state index contributed by atoms with van der Waals surface area (Å²) < 4.78 is 0. The molecule has 4 rings (SSSR count). The smallest absolute Gasteiger partial charge is 0.286 e. The average Bonchev–Trinajstić information content (AvgIpc) is 3.43. The van der Waals surface area contributed by atoms with Crippen LogP contribution in [0.5, 0.6) is 0 Å². The summed E-state index contributed by atoms with van der Waals surface area (Å²) in [5, 5.41) is 14.9. The highest BCUT2D eigenvalue weighted by atomic mass is 32.1. The maximum absolute atomic E-state index is 12.4. The van der Waals surface area contributed by atoms with Gasteiger partial charge in [-0.3, -0.25) is 14.6 Å². The van der Waals surface area contributed by atoms with Gasteiger partial charge in [-0.05, 0) is 42.7 Å². The Kier molecular flexibility index (Phi) is 4.88. The summed E-state index contributed by atoms with van der Waals surface area (Å²) in [6, 6.07) is 10.5. The van der Waals surface area contributed by atoms with E-state index in [-0.39, 0.29) is 11.8 Å². The Bertz CT molecular complexity index is 969. The first kappa shape index (κ1) is 17.3. The number of carbonyl (C=O) groups excluding carboxylic acids is 2. The second-order valence-corrected chi connectivity index (χ2v) is 7.31. The molecule has 7 nitrogen and oxygen atoms in total. The van der Waals surface area contributed by atoms with Crippen molar-refractivity contribution in [2.75, 3.05) is 5.32 Å². The van der Waals surface area contributed by atoms with Crippen LogP contribution in [0.1, 0.15) is 49.5 Å². The van der Waals surface area contributed by atoms with Crippen molar-refractivity contribution >= 4 is 28.8 Å². The van der Waals surface area contributed by atoms with Crippen LogP contribution in [-0.4, -0.2) is 27.0 Å². The molecule has 27 heavy (non-hydrogen) atoms. The van der Waals surface area contributed by atoms with Crippen LogP contribution in [0.4, 0.5) is 5.69 Å². The molecule has 1 saturated carbocycles. The molecular weight excluding hydrogens is 362 g/mol. The van der Waals surface area contributed by atoms with E-state index in [0.29, 0.717) is 28.7 Å². The molecule has 0 radical (unpaired) electrons. The number of hydrogen-bond acceptors (Lipinski definition) is 6. The molecule has 136 valence electrons. The third kappa shape index (κ3) is 4.35. The van der Waals surface area contributed by atoms with E-state index in [9.17, 15) is 9.59 Å². The number of anilines is 1. The fraction of sp³-hybridized carbons (Fsp3) is 0.211. The summed E-state index contributed by atoms with van der Waals surface area (Å²) in [5.74, 6) is -0.0647. The number of carbonyl (C=O) groups is 2. The van der Waals surface area contributed by atoms with Gasteiger partial charge in [-0.15, -0.1) is 10.2 Å². The topological polar surface area (TPSA) is 96.9 Å². The molecule has 1 aliphatic rings. The second-order valence-electron chi connectivity index (χ2n) is 6.30. The fourth-order valence-electron chi connectivity index (χ4n) is 2.53. The molecule has 0 spiro atoms. The van der Waals surface area contributed by atoms with E-state index in [0.717, 1.165) is 23.4 Å². The number of amides is 2. The predicted octanol–water partition coefficient (Wildman–Crippen LogP) is 2.99. The van der Waals surface area contributed by atoms with Gasteiger partial charge in [-0.25, -0.2) is 0 Å². The van der Waals surface area contributed by atoms with E-state index < -0.39 is 0 Å². The summed E-state index contributed by atoms with van der Waals surface area (Å²) in [6.07, 6.45) is 5.62. The van der Waals surface area contributed by atoms with Crippen molar-refractivity contribution in [2.24, 2.45) is 0 Å². The maximum atomic E-state index is 12.4. The summed E-state index contributed by atoms with van der Waals surface area (Å²) in [4.78, 5) is 28.7. The van der Waals surface area contributed by atoms with E-state index in [1.807, 2.05) is 12.1 Å². The first-order chi connectivity index (χ1) is 13.2. The monoisotopic (exact) mass is 379 g/mol. The largest absolute Gasteiger partial charge is 0.348 e. The van der Waals surface area contributed by atoms with Gasteiger partial charge in [0.25, 0.3) is 11.8 Å². The summed E-state index contributed by atoms with van der Waals surface area (Å²) in [6.45, 7) is 0.387. The normalized spacial score (nSPS) is 13.2. The van der Waals surface area contributed by atoms with Gasteiger partial charge in [0, 0.05) is 36.1 Å². The van der Waals surface area contributed by atoms with Crippen LogP contribution in [0.2, 0.25) is 0 Å². The molecule has 2 aromatic heterocycles. The molecule has 2 heterocycles. The highest BCUT2D eigenvalue weighted by Crippen LogP contribution is 2.41. The molecule has 0 bridgehead atoms. The fourth-order valence-corrected chi connectivity index (χ4v) is 3.44. The van der Waals surface area contributed by atoms with Crippen LogP contribution in [0, 0.1) is 0 Å². The van der Waals surface area contributed by atoms with Crippen molar-refractivity contribution in [2.45, 2.75) is 25.3 Å². The number of aromatic nitrogens is 3. The Hall–Kier alpha value is -3.13. The lowest BCUT2D eigenvalue weighted by Gasteiger charge is -2.07. The third-order valence-electron chi connectivity index (χ3n) is 4.12. The predicted molar refractivity (Wildman–Crippen MR) is 102 cm³/mol. The zero-order chi connectivity index (χ0) is 18.6. The van der Waals surface area contributed by atoms with Crippen LogP contribution in [0.15, 0.2) is 48.8 Å². The lowest BCUT2D eigenvalue weighted by atomic mass is 10.2. The number of hydrogen-bond donors (Lipinski definition) is 2. The number of nitrogens with zero attached hydrogens (tertiary/aromatic N) is 3. The Balaban J connectivity index is 1.39. The Labute approximate surface area is 159 Å². The Morgan fingerprint density at radius 3 is 2.78 bits per heavy atom. The standard InChI is InChI=1S/C19H17N5O2S/c25-16(21-11-12-3-2-8-20-10-12)14-4-1-5-15(9-14)22-17(26)19-24-23-18(27-19)13-6-7-13/h1-5,8-10,13H,6-7,11H2,(H,21,25)(H,22,26). The van der Waals surface area contributed by atoms with Crippen LogP contribution in [-0.2, 0) is 6.54 Å². The number of pyridine rings is 1. The first-order valence-corrected chi connectivity index (χ1v) is 9.42. The van der Waals surface area contributed by atoms with E-state index in [1.54, 1.807) is 36.7 Å². The van der Waals surface area contributed by atoms with E-state index >= 15 is 0 Å². The molecule has 0 aliphatic heterocycles. The highest BCUT2D eigenvalue weighted by Gasteiger charge is 2.28. The van der Waals surface area contributed by atoms with Gasteiger partial charge >= 0.3 is 0 Å². The molecule has 2 N–H and O–H groups in total. The van der Waals surface area contributed by atoms with Gasteiger partial charge in [0.1, 0.15) is 5.01 Å². The average molecular weight is 379 g/mol. The van der Waals surface area contributed by atoms with Crippen molar-refractivity contribution in [3.63, 3.8) is 0 Å². The number of nitrogens with one attached hydrogen (secondary N) is 2. The minimum Gasteiger partial charge on any atom is -0.348 e. The van der Waals surface area contributed by atoms with Crippen LogP contribution >= 0.6 is 11.3 Å². The SMILES string of the molecule is O=C(NCc1cccnc1)c1cccc(NC(=O)c2nnc(C3CC3)s2)c1. The molecule has 0 atom stereocenters. The van der Waals surface area contributed by atoms with Gasteiger partial charge in [0.15, 0.2) is 0 Å². The zero-order valence-corrected chi connectivity index (χ0v) is 15.2. The van der Waals surface area contributed by atoms with Crippen molar-refractivity contribution in [3.05, 3.63) is 69.9 Å². The number of rotatable bonds is 6. The highest BCUT2D eigenvalue weighted by molar-refractivity contribution is 7.13. The first-order valence-electron chi connectivity index (χ1n) is 8.61. The molecule has 8 heteroatoms. The third-order valence-corrected chi connectivity index (χ3v) is 5.20. The van der Waals surface area contributed by atoms with Crippen LogP contribution in [0.3, 0.4) is 0 Å². The van der Waals surface area contributed by atoms with Crippen LogP contribution < -0.4 is 10.6 Å². The van der Waals surface area contributed by atoms with Crippen molar-refractivity contribution < 1.29 is 9.59 Å². The molecule has 1 aromatic carbocycles. The van der Waals surface area contributed by atoms with E-state index in [2.05, 4.69) is 25.8 Å². The van der Waals surface area contributed by atoms with Crippen LogP contribution in [0.25, 0.3) is 0 Å². The van der Waals surface area contributed by atoms with Crippen molar-refractivity contribution in [3.8, 4) is 0 Å². The molecule has 1 fully saturated rings. The zero-order valence-electron chi connectivity index (χ0n) is 14.4. The molecule has 0 unspecified atom stereocenters. The Morgan fingerprint density at radius 2 is 2.00 bits per heavy atom. The summed E-state index contributed by atoms with van der Waals surface area (Å²) >= 11 is 1.33. The van der Waals surface area contributed by atoms with Gasteiger partial charge in [0.05, 0.1) is 0 Å². The van der Waals surface area contributed by atoms with Gasteiger partial charge in [-0.1, -0.05) is 23.5 Å². The lowest BCUT2D eigenvalue weighted by molar-refractivity contribution is 0.0949. The number of benzene rings is 1. The molecular formula is C19H17N5O2S. The molecule has 0 saturated heterocycles. The van der Waals surface area contributed by atoms with E-state index in [4.69, 9.17) is 0 Å². The van der Waals surface area contributed by atoms with Crippen molar-refractivity contribution in [1.29, 1.82) is 0 Å². The summed E-state index contributed by atoms with van der Waals surface area (Å²) in [5.41, 5.74) is 1.92. The lowest BCUT2D eigenvalue weighted by Crippen LogP contribution is -2.23. The Morgan fingerprint density at radius 1 is 1.11 bits per heavy atom. The van der Waals surface area contributed by atoms with Crippen molar-refractivity contribution in [1.82, 2.24) is 20.5 Å². The molecule has 2 amide bonds.